The summed E-state index contributed by atoms with van der Waals surface area (Å²) in [5.41, 5.74) is -0.812. The Morgan fingerprint density at radius 1 is 1.38 bits per heavy atom. The molecule has 0 unspecified atom stereocenters. The first-order valence-corrected chi connectivity index (χ1v) is 5.15. The lowest BCUT2D eigenvalue weighted by molar-refractivity contribution is -0.125. The minimum atomic E-state index is -1.05. The molecular formula is C9H13N3O4. The topological polar surface area (TPSA) is 108 Å². The maximum absolute atomic E-state index is 11.6. The number of nitrogens with one attached hydrogen (secondary N) is 3. The van der Waals surface area contributed by atoms with Crippen molar-refractivity contribution in [2.45, 2.75) is 37.3 Å². The number of hydrogen-bond donors (Lipinski definition) is 4. The summed E-state index contributed by atoms with van der Waals surface area (Å²) in [5.74, 6) is -0.300. The van der Waals surface area contributed by atoms with Gasteiger partial charge in [0.15, 0.2) is 0 Å². The molecule has 0 radical (unpaired) electrons. The molecule has 1 aliphatic carbocycles. The van der Waals surface area contributed by atoms with Crippen LogP contribution in [-0.2, 0) is 4.79 Å². The fourth-order valence-electron chi connectivity index (χ4n) is 2.31. The molecule has 0 aromatic carbocycles. The molecule has 2 fully saturated rings. The lowest BCUT2D eigenvalue weighted by Crippen LogP contribution is -2.52. The van der Waals surface area contributed by atoms with Crippen LogP contribution >= 0.6 is 0 Å². The van der Waals surface area contributed by atoms with Gasteiger partial charge in [0.25, 0.3) is 5.91 Å². The van der Waals surface area contributed by atoms with E-state index in [1.165, 1.54) is 0 Å². The first-order chi connectivity index (χ1) is 7.52. The number of imide groups is 1. The molecule has 1 heterocycles. The monoisotopic (exact) mass is 227 g/mol. The van der Waals surface area contributed by atoms with Crippen LogP contribution in [0.4, 0.5) is 9.59 Å². The summed E-state index contributed by atoms with van der Waals surface area (Å²) in [6.45, 7) is 0. The number of urea groups is 1. The van der Waals surface area contributed by atoms with E-state index >= 15 is 0 Å². The molecule has 88 valence electrons. The summed E-state index contributed by atoms with van der Waals surface area (Å²) in [4.78, 5) is 33.0. The zero-order chi connectivity index (χ0) is 11.8. The molecule has 0 atom stereocenters. The van der Waals surface area contributed by atoms with E-state index in [0.717, 1.165) is 0 Å². The molecule has 7 nitrogen and oxygen atoms in total. The van der Waals surface area contributed by atoms with Crippen LogP contribution in [-0.4, -0.2) is 34.7 Å². The summed E-state index contributed by atoms with van der Waals surface area (Å²) in [6, 6.07) is -0.594. The predicted molar refractivity (Wildman–Crippen MR) is 52.8 cm³/mol. The van der Waals surface area contributed by atoms with E-state index in [-0.39, 0.29) is 11.9 Å². The van der Waals surface area contributed by atoms with E-state index in [1.807, 2.05) is 0 Å². The average Bonchev–Trinajstić information content (AvgIpc) is 2.45. The first-order valence-electron chi connectivity index (χ1n) is 5.15. The highest BCUT2D eigenvalue weighted by Gasteiger charge is 2.48. The van der Waals surface area contributed by atoms with Gasteiger partial charge in [-0.05, 0) is 25.7 Å². The Bertz CT molecular complexity index is 347. The quantitative estimate of drug-likeness (QED) is 0.464. The molecule has 0 aromatic rings. The van der Waals surface area contributed by atoms with Gasteiger partial charge >= 0.3 is 12.1 Å². The van der Waals surface area contributed by atoms with Crippen molar-refractivity contribution in [2.75, 3.05) is 0 Å². The van der Waals surface area contributed by atoms with E-state index in [9.17, 15) is 14.4 Å². The minimum Gasteiger partial charge on any atom is -0.465 e. The molecule has 0 aromatic heterocycles. The van der Waals surface area contributed by atoms with Gasteiger partial charge in [-0.1, -0.05) is 0 Å². The van der Waals surface area contributed by atoms with Crippen LogP contribution < -0.4 is 16.0 Å². The summed E-state index contributed by atoms with van der Waals surface area (Å²) in [7, 11) is 0. The van der Waals surface area contributed by atoms with Crippen LogP contribution in [0.5, 0.6) is 0 Å². The molecule has 4 N–H and O–H groups in total. The summed E-state index contributed by atoms with van der Waals surface area (Å²) >= 11 is 0. The van der Waals surface area contributed by atoms with E-state index in [4.69, 9.17) is 5.11 Å². The standard InChI is InChI=1S/C9H13N3O4/c13-6-9(12-7(14)11-6)3-1-5(2-4-9)10-8(15)16/h5,10H,1-4H2,(H,15,16)(H2,11,12,13,14). The van der Waals surface area contributed by atoms with Gasteiger partial charge < -0.3 is 15.7 Å². The molecule has 1 spiro atoms. The normalized spacial score (nSPS) is 33.4. The van der Waals surface area contributed by atoms with E-state index in [0.29, 0.717) is 25.7 Å². The fraction of sp³-hybridized carbons (Fsp3) is 0.667. The number of carboxylic acid groups (broad SMARTS) is 1. The van der Waals surface area contributed by atoms with Crippen molar-refractivity contribution in [3.8, 4) is 0 Å². The van der Waals surface area contributed by atoms with Gasteiger partial charge in [-0.2, -0.15) is 0 Å². The number of hydrogen-bond acceptors (Lipinski definition) is 3. The third-order valence-electron chi connectivity index (χ3n) is 3.18. The van der Waals surface area contributed by atoms with Crippen molar-refractivity contribution in [2.24, 2.45) is 0 Å². The number of carbonyl (C=O) groups is 3. The zero-order valence-corrected chi connectivity index (χ0v) is 8.58. The van der Waals surface area contributed by atoms with Crippen molar-refractivity contribution >= 4 is 18.0 Å². The lowest BCUT2D eigenvalue weighted by Gasteiger charge is -2.34. The van der Waals surface area contributed by atoms with Gasteiger partial charge in [0.2, 0.25) is 0 Å². The van der Waals surface area contributed by atoms with Gasteiger partial charge in [0.05, 0.1) is 0 Å². The van der Waals surface area contributed by atoms with Gasteiger partial charge in [0, 0.05) is 6.04 Å². The number of carbonyl (C=O) groups excluding carboxylic acids is 2. The van der Waals surface area contributed by atoms with E-state index in [1.54, 1.807) is 0 Å². The van der Waals surface area contributed by atoms with Crippen molar-refractivity contribution < 1.29 is 19.5 Å². The van der Waals surface area contributed by atoms with Crippen LogP contribution in [0.3, 0.4) is 0 Å². The van der Waals surface area contributed by atoms with Gasteiger partial charge in [0.1, 0.15) is 5.54 Å². The van der Waals surface area contributed by atoms with Crippen LogP contribution in [0.25, 0.3) is 0 Å². The number of amides is 4. The molecule has 1 saturated carbocycles. The van der Waals surface area contributed by atoms with E-state index < -0.39 is 17.7 Å². The number of rotatable bonds is 1. The minimum absolute atomic E-state index is 0.131. The summed E-state index contributed by atoms with van der Waals surface area (Å²) in [6.07, 6.45) is 0.992. The van der Waals surface area contributed by atoms with Gasteiger partial charge in [-0.3, -0.25) is 10.1 Å². The Labute approximate surface area is 91.6 Å². The Hall–Kier alpha value is -1.79. The first kappa shape index (κ1) is 10.7. The predicted octanol–water partition coefficient (Wildman–Crippen LogP) is -0.225. The third-order valence-corrected chi connectivity index (χ3v) is 3.18. The molecule has 1 aliphatic heterocycles. The smallest absolute Gasteiger partial charge is 0.404 e. The largest absolute Gasteiger partial charge is 0.465 e. The van der Waals surface area contributed by atoms with Crippen LogP contribution in [0, 0.1) is 0 Å². The van der Waals surface area contributed by atoms with Crippen molar-refractivity contribution in [3.63, 3.8) is 0 Å². The third kappa shape index (κ3) is 1.80. The average molecular weight is 227 g/mol. The Morgan fingerprint density at radius 2 is 2.00 bits per heavy atom. The fourth-order valence-corrected chi connectivity index (χ4v) is 2.31. The second-order valence-corrected chi connectivity index (χ2v) is 4.21. The maximum Gasteiger partial charge on any atom is 0.404 e. The SMILES string of the molecule is O=C(O)NC1CCC2(CC1)NC(=O)NC2=O. The highest BCUT2D eigenvalue weighted by molar-refractivity contribution is 6.07. The second kappa shape index (κ2) is 3.66. The highest BCUT2D eigenvalue weighted by Crippen LogP contribution is 2.30. The van der Waals surface area contributed by atoms with E-state index in [2.05, 4.69) is 16.0 Å². The zero-order valence-electron chi connectivity index (χ0n) is 8.58. The molecule has 1 saturated heterocycles. The summed E-state index contributed by atoms with van der Waals surface area (Å²) in [5, 5.41) is 15.8. The maximum atomic E-state index is 11.6. The van der Waals surface area contributed by atoms with Crippen molar-refractivity contribution in [1.29, 1.82) is 0 Å². The molecular weight excluding hydrogens is 214 g/mol. The summed E-state index contributed by atoms with van der Waals surface area (Å²) < 4.78 is 0. The van der Waals surface area contributed by atoms with Crippen LogP contribution in [0.1, 0.15) is 25.7 Å². The lowest BCUT2D eigenvalue weighted by atomic mass is 9.79. The Morgan fingerprint density at radius 3 is 2.44 bits per heavy atom. The molecule has 4 amide bonds. The van der Waals surface area contributed by atoms with Gasteiger partial charge in [-0.25, -0.2) is 9.59 Å². The molecule has 2 aliphatic rings. The highest BCUT2D eigenvalue weighted by atomic mass is 16.4. The van der Waals surface area contributed by atoms with Gasteiger partial charge in [-0.15, -0.1) is 0 Å². The van der Waals surface area contributed by atoms with Crippen LogP contribution in [0.15, 0.2) is 0 Å². The van der Waals surface area contributed by atoms with Crippen LogP contribution in [0.2, 0.25) is 0 Å². The Kier molecular flexibility index (Phi) is 2.45. The molecule has 16 heavy (non-hydrogen) atoms. The second-order valence-electron chi connectivity index (χ2n) is 4.21. The van der Waals surface area contributed by atoms with Crippen molar-refractivity contribution in [1.82, 2.24) is 16.0 Å². The van der Waals surface area contributed by atoms with Crippen molar-refractivity contribution in [3.05, 3.63) is 0 Å². The molecule has 0 bridgehead atoms. The molecule has 2 rings (SSSR count). The Balaban J connectivity index is 1.96. The molecule has 7 heteroatoms.